The van der Waals surface area contributed by atoms with E-state index in [1.807, 2.05) is 60.8 Å². The highest BCUT2D eigenvalue weighted by molar-refractivity contribution is 7.16. The molecule has 4 nitrogen and oxygen atoms in total. The number of nitrogens with zero attached hydrogens (tertiary/aromatic N) is 1. The highest BCUT2D eigenvalue weighted by Crippen LogP contribution is 2.40. The summed E-state index contributed by atoms with van der Waals surface area (Å²) in [7, 11) is 0. The predicted molar refractivity (Wildman–Crippen MR) is 150 cm³/mol. The van der Waals surface area contributed by atoms with Crippen LogP contribution in [0.15, 0.2) is 71.7 Å². The lowest BCUT2D eigenvalue weighted by Crippen LogP contribution is -2.14. The summed E-state index contributed by atoms with van der Waals surface area (Å²) in [6.07, 6.45) is 13.8. The van der Waals surface area contributed by atoms with E-state index in [9.17, 15) is 4.79 Å². The number of ether oxygens (including phenoxy) is 1. The molecule has 36 heavy (non-hydrogen) atoms. The summed E-state index contributed by atoms with van der Waals surface area (Å²) >= 11 is 1.64. The largest absolute Gasteiger partial charge is 0.480 e. The topological polar surface area (TPSA) is 50.7 Å². The number of nitrogens with one attached hydrogen (secondary N) is 1. The number of thiophene rings is 1. The smallest absolute Gasteiger partial charge is 0.259 e. The SMILES string of the molecule is C#CCOc1ccc2ccccc2c1C=Nc1sc2c(c1C(=O)Nc1ccccc1)CCCCCC2. The van der Waals surface area contributed by atoms with Crippen molar-refractivity contribution in [1.29, 1.82) is 0 Å². The zero-order chi connectivity index (χ0) is 24.7. The van der Waals surface area contributed by atoms with Gasteiger partial charge < -0.3 is 10.1 Å². The van der Waals surface area contributed by atoms with Crippen LogP contribution in [0.2, 0.25) is 0 Å². The van der Waals surface area contributed by atoms with Crippen LogP contribution >= 0.6 is 11.3 Å². The maximum Gasteiger partial charge on any atom is 0.259 e. The number of para-hydroxylation sites is 1. The molecular formula is C31H28N2O2S. The lowest BCUT2D eigenvalue weighted by atomic mass is 9.96. The fourth-order valence-corrected chi connectivity index (χ4v) is 5.95. The van der Waals surface area contributed by atoms with Crippen molar-refractivity contribution >= 4 is 44.9 Å². The molecule has 1 heterocycles. The van der Waals surface area contributed by atoms with E-state index in [1.165, 1.54) is 17.7 Å². The van der Waals surface area contributed by atoms with Gasteiger partial charge in [0.2, 0.25) is 0 Å². The van der Waals surface area contributed by atoms with Crippen molar-refractivity contribution in [2.24, 2.45) is 4.99 Å². The molecule has 180 valence electrons. The number of rotatable bonds is 6. The zero-order valence-corrected chi connectivity index (χ0v) is 20.9. The van der Waals surface area contributed by atoms with Gasteiger partial charge in [-0.05, 0) is 60.2 Å². The number of amides is 1. The van der Waals surface area contributed by atoms with Gasteiger partial charge in [-0.2, -0.15) is 0 Å². The van der Waals surface area contributed by atoms with Gasteiger partial charge in [-0.3, -0.25) is 4.79 Å². The number of terminal acetylenes is 1. The van der Waals surface area contributed by atoms with Gasteiger partial charge in [-0.25, -0.2) is 4.99 Å². The summed E-state index contributed by atoms with van der Waals surface area (Å²) in [6, 6.07) is 21.7. The second kappa shape index (κ2) is 11.2. The number of fused-ring (bicyclic) bond motifs is 2. The first kappa shape index (κ1) is 23.8. The fourth-order valence-electron chi connectivity index (χ4n) is 4.72. The molecule has 0 bridgehead atoms. The minimum atomic E-state index is -0.104. The molecule has 0 radical (unpaired) electrons. The normalized spacial score (nSPS) is 13.5. The van der Waals surface area contributed by atoms with Crippen LogP contribution in [0.5, 0.6) is 5.75 Å². The summed E-state index contributed by atoms with van der Waals surface area (Å²) in [4.78, 5) is 19.8. The Morgan fingerprint density at radius 2 is 1.78 bits per heavy atom. The Morgan fingerprint density at radius 3 is 2.61 bits per heavy atom. The van der Waals surface area contributed by atoms with Crippen LogP contribution in [0.1, 0.15) is 52.0 Å². The molecule has 1 aromatic heterocycles. The van der Waals surface area contributed by atoms with Crippen molar-refractivity contribution in [2.75, 3.05) is 11.9 Å². The molecule has 5 rings (SSSR count). The van der Waals surface area contributed by atoms with E-state index in [0.717, 1.165) is 58.3 Å². The van der Waals surface area contributed by atoms with Crippen molar-refractivity contribution in [2.45, 2.75) is 38.5 Å². The Morgan fingerprint density at radius 1 is 1.00 bits per heavy atom. The molecular weight excluding hydrogens is 464 g/mol. The fraction of sp³-hybridized carbons (Fsp3) is 0.226. The summed E-state index contributed by atoms with van der Waals surface area (Å²) in [6.45, 7) is 0.178. The molecule has 1 aliphatic rings. The molecule has 0 atom stereocenters. The van der Waals surface area contributed by atoms with E-state index in [2.05, 4.69) is 23.4 Å². The van der Waals surface area contributed by atoms with Crippen LogP contribution in [0.4, 0.5) is 10.7 Å². The number of hydrogen-bond acceptors (Lipinski definition) is 4. The summed E-state index contributed by atoms with van der Waals surface area (Å²) in [5.74, 6) is 3.12. The van der Waals surface area contributed by atoms with E-state index in [-0.39, 0.29) is 12.5 Å². The van der Waals surface area contributed by atoms with E-state index in [4.69, 9.17) is 16.2 Å². The third-order valence-electron chi connectivity index (χ3n) is 6.46. The molecule has 0 saturated heterocycles. The lowest BCUT2D eigenvalue weighted by Gasteiger charge is -2.12. The third-order valence-corrected chi connectivity index (χ3v) is 7.66. The van der Waals surface area contributed by atoms with Crippen LogP contribution in [0.25, 0.3) is 10.8 Å². The van der Waals surface area contributed by atoms with Crippen LogP contribution in [-0.4, -0.2) is 18.7 Å². The average molecular weight is 493 g/mol. The standard InChI is InChI=1S/C31H28N2O2S/c1-2-20-35-27-19-18-22-12-10-11-15-24(22)26(27)21-32-31-29(30(34)33-23-13-6-5-7-14-23)25-16-8-3-4-9-17-28(25)36-31/h1,5-7,10-15,18-19,21H,3-4,8-9,16-17,20H2,(H,33,34). The highest BCUT2D eigenvalue weighted by Gasteiger charge is 2.24. The van der Waals surface area contributed by atoms with Gasteiger partial charge in [0, 0.05) is 22.3 Å². The lowest BCUT2D eigenvalue weighted by molar-refractivity contribution is 0.102. The Balaban J connectivity index is 1.59. The van der Waals surface area contributed by atoms with E-state index < -0.39 is 0 Å². The van der Waals surface area contributed by atoms with Gasteiger partial charge in [-0.1, -0.05) is 67.3 Å². The first-order valence-corrected chi connectivity index (χ1v) is 13.2. The molecule has 5 heteroatoms. The Hall–Kier alpha value is -3.88. The van der Waals surface area contributed by atoms with Crippen LogP contribution in [-0.2, 0) is 12.8 Å². The second-order valence-corrected chi connectivity index (χ2v) is 9.95. The molecule has 1 aliphatic carbocycles. The monoisotopic (exact) mass is 492 g/mol. The Kier molecular flexibility index (Phi) is 7.44. The molecule has 0 spiro atoms. The molecule has 1 amide bonds. The van der Waals surface area contributed by atoms with Gasteiger partial charge in [-0.15, -0.1) is 17.8 Å². The minimum Gasteiger partial charge on any atom is -0.480 e. The van der Waals surface area contributed by atoms with Gasteiger partial charge in [0.25, 0.3) is 5.91 Å². The highest BCUT2D eigenvalue weighted by atomic mass is 32.1. The van der Waals surface area contributed by atoms with Crippen molar-refractivity contribution in [3.05, 3.63) is 88.3 Å². The number of hydrogen-bond donors (Lipinski definition) is 1. The second-order valence-electron chi connectivity index (χ2n) is 8.87. The van der Waals surface area contributed by atoms with Crippen molar-refractivity contribution in [3.63, 3.8) is 0 Å². The summed E-state index contributed by atoms with van der Waals surface area (Å²) < 4.78 is 5.85. The maximum atomic E-state index is 13.6. The number of aryl methyl sites for hydroxylation is 1. The average Bonchev–Trinajstić information content (AvgIpc) is 3.23. The molecule has 0 unspecified atom stereocenters. The number of carbonyl (C=O) groups excluding carboxylic acids is 1. The van der Waals surface area contributed by atoms with Gasteiger partial charge in [0.15, 0.2) is 0 Å². The van der Waals surface area contributed by atoms with Crippen LogP contribution in [0, 0.1) is 12.3 Å². The first-order chi connectivity index (χ1) is 17.7. The molecule has 4 aromatic rings. The number of aliphatic imine (C=N–C) groups is 1. The molecule has 0 saturated carbocycles. The van der Waals surface area contributed by atoms with Crippen LogP contribution in [0.3, 0.4) is 0 Å². The molecule has 0 aliphatic heterocycles. The predicted octanol–water partition coefficient (Wildman–Crippen LogP) is 7.58. The van der Waals surface area contributed by atoms with Crippen molar-refractivity contribution in [3.8, 4) is 18.1 Å². The van der Waals surface area contributed by atoms with Gasteiger partial charge in [0.05, 0.1) is 5.56 Å². The molecule has 0 fully saturated rings. The van der Waals surface area contributed by atoms with E-state index in [1.54, 1.807) is 11.3 Å². The molecule has 3 aromatic carbocycles. The Labute approximate surface area is 216 Å². The first-order valence-electron chi connectivity index (χ1n) is 12.4. The summed E-state index contributed by atoms with van der Waals surface area (Å²) in [5.41, 5.74) is 3.49. The van der Waals surface area contributed by atoms with Crippen molar-refractivity contribution < 1.29 is 9.53 Å². The number of carbonyl (C=O) groups is 1. The van der Waals surface area contributed by atoms with E-state index in [0.29, 0.717) is 11.3 Å². The maximum absolute atomic E-state index is 13.6. The van der Waals surface area contributed by atoms with Gasteiger partial charge >= 0.3 is 0 Å². The summed E-state index contributed by atoms with van der Waals surface area (Å²) in [5, 5.41) is 5.95. The molecule has 1 N–H and O–H groups in total. The number of anilines is 1. The number of benzene rings is 3. The Bertz CT molecular complexity index is 1450. The van der Waals surface area contributed by atoms with Crippen molar-refractivity contribution in [1.82, 2.24) is 0 Å². The minimum absolute atomic E-state index is 0.104. The quantitative estimate of drug-likeness (QED) is 0.223. The zero-order valence-electron chi connectivity index (χ0n) is 20.1. The third kappa shape index (κ3) is 5.19. The van der Waals surface area contributed by atoms with Crippen LogP contribution < -0.4 is 10.1 Å². The van der Waals surface area contributed by atoms with E-state index >= 15 is 0 Å². The van der Waals surface area contributed by atoms with Gasteiger partial charge in [0.1, 0.15) is 17.4 Å².